The Morgan fingerprint density at radius 2 is 2.12 bits per heavy atom. The van der Waals surface area contributed by atoms with Gasteiger partial charge in [-0.3, -0.25) is 4.90 Å². The first-order chi connectivity index (χ1) is 16.4. The van der Waals surface area contributed by atoms with Gasteiger partial charge in [0.25, 0.3) is 0 Å². The molecule has 3 heterocycles. The second-order valence-corrected chi connectivity index (χ2v) is 9.46. The van der Waals surface area contributed by atoms with Crippen LogP contribution < -0.4 is 10.6 Å². The molecule has 0 bridgehead atoms. The Balaban J connectivity index is 1.43. The minimum atomic E-state index is -0.717. The highest BCUT2D eigenvalue weighted by Crippen LogP contribution is 2.41. The Labute approximate surface area is 198 Å². The Bertz CT molecular complexity index is 1280. The van der Waals surface area contributed by atoms with E-state index in [0.717, 1.165) is 33.6 Å². The van der Waals surface area contributed by atoms with Crippen molar-refractivity contribution in [1.29, 1.82) is 5.26 Å². The van der Waals surface area contributed by atoms with Gasteiger partial charge in [0.05, 0.1) is 23.6 Å². The van der Waals surface area contributed by atoms with Crippen LogP contribution in [-0.2, 0) is 12.0 Å². The van der Waals surface area contributed by atoms with Crippen LogP contribution in [0.25, 0.3) is 11.3 Å². The summed E-state index contributed by atoms with van der Waals surface area (Å²) in [6.45, 7) is 6.23. The summed E-state index contributed by atoms with van der Waals surface area (Å²) in [4.78, 5) is 11.2. The van der Waals surface area contributed by atoms with Crippen molar-refractivity contribution in [1.82, 2.24) is 14.9 Å². The number of aromatic nitrogens is 2. The van der Waals surface area contributed by atoms with Crippen molar-refractivity contribution in [3.8, 4) is 17.3 Å². The number of nitrogens with zero attached hydrogens (tertiary/aromatic N) is 4. The monoisotopic (exact) mass is 458 g/mol. The van der Waals surface area contributed by atoms with E-state index >= 15 is 0 Å². The fourth-order valence-electron chi connectivity index (χ4n) is 4.56. The van der Waals surface area contributed by atoms with Crippen LogP contribution in [0.4, 0.5) is 21.7 Å². The molecule has 2 aliphatic rings. The van der Waals surface area contributed by atoms with Gasteiger partial charge >= 0.3 is 0 Å². The maximum Gasteiger partial charge on any atom is 0.227 e. The molecule has 1 atom stereocenters. The number of nitriles is 1. The molecule has 2 aliphatic heterocycles. The predicted molar refractivity (Wildman–Crippen MR) is 130 cm³/mol. The molecule has 174 valence electrons. The molecule has 0 radical (unpaired) electrons. The van der Waals surface area contributed by atoms with E-state index in [4.69, 9.17) is 4.98 Å². The molecule has 1 aromatic heterocycles. The SMILES string of the molecule is Cc1ccc(CN2CC(F)C2)cc1Nc1nccc(-c2cc(C#N)c3c(c2)[C@@](C)(CO)CN3)n1. The highest BCUT2D eigenvalue weighted by molar-refractivity contribution is 5.76. The van der Waals surface area contributed by atoms with Gasteiger partial charge in [0.15, 0.2) is 0 Å². The fraction of sp³-hybridized carbons (Fsp3) is 0.346. The van der Waals surface area contributed by atoms with E-state index in [-0.39, 0.29) is 6.61 Å². The lowest BCUT2D eigenvalue weighted by Crippen LogP contribution is -2.47. The molecule has 0 amide bonds. The molecule has 0 spiro atoms. The standard InChI is InChI=1S/C26H27FN6O/c1-16-3-4-17(11-33-12-20(27)13-33)7-23(16)32-25-29-6-5-22(31-25)18-8-19(10-28)24-21(9-18)26(2,15-34)14-30-24/h3-9,20,30,34H,11-15H2,1-2H3,(H,29,31,32)/t26-/m1/s1. The summed E-state index contributed by atoms with van der Waals surface area (Å²) in [5, 5.41) is 26.2. The summed E-state index contributed by atoms with van der Waals surface area (Å²) in [5.74, 6) is 0.451. The molecule has 2 aromatic carbocycles. The molecule has 1 saturated heterocycles. The predicted octanol–water partition coefficient (Wildman–Crippen LogP) is 3.90. The summed E-state index contributed by atoms with van der Waals surface area (Å²) < 4.78 is 13.2. The largest absolute Gasteiger partial charge is 0.395 e. The highest BCUT2D eigenvalue weighted by Gasteiger charge is 2.36. The lowest BCUT2D eigenvalue weighted by molar-refractivity contribution is 0.0591. The number of aryl methyl sites for hydroxylation is 1. The van der Waals surface area contributed by atoms with E-state index in [0.29, 0.717) is 43.4 Å². The Hall–Kier alpha value is -3.54. The maximum absolute atomic E-state index is 13.2. The molecule has 5 rings (SSSR count). The van der Waals surface area contributed by atoms with Crippen molar-refractivity contribution in [2.24, 2.45) is 0 Å². The smallest absolute Gasteiger partial charge is 0.227 e. The minimum absolute atomic E-state index is 0.0169. The second kappa shape index (κ2) is 8.67. The summed E-state index contributed by atoms with van der Waals surface area (Å²) >= 11 is 0. The van der Waals surface area contributed by atoms with Crippen molar-refractivity contribution in [3.63, 3.8) is 0 Å². The zero-order chi connectivity index (χ0) is 23.9. The number of nitrogens with one attached hydrogen (secondary N) is 2. The third-order valence-corrected chi connectivity index (χ3v) is 6.73. The van der Waals surface area contributed by atoms with E-state index in [2.05, 4.69) is 38.7 Å². The molecular weight excluding hydrogens is 431 g/mol. The molecule has 3 aromatic rings. The van der Waals surface area contributed by atoms with Crippen molar-refractivity contribution < 1.29 is 9.50 Å². The Kier molecular flexibility index (Phi) is 5.68. The van der Waals surface area contributed by atoms with Gasteiger partial charge < -0.3 is 15.7 Å². The summed E-state index contributed by atoms with van der Waals surface area (Å²) in [6, 6.07) is 14.0. The van der Waals surface area contributed by atoms with Gasteiger partial charge in [-0.25, -0.2) is 14.4 Å². The van der Waals surface area contributed by atoms with Gasteiger partial charge in [-0.05, 0) is 47.9 Å². The van der Waals surface area contributed by atoms with Gasteiger partial charge in [0, 0.05) is 49.0 Å². The molecular formula is C26H27FN6O. The van der Waals surface area contributed by atoms with Gasteiger partial charge in [-0.2, -0.15) is 5.26 Å². The van der Waals surface area contributed by atoms with Crippen molar-refractivity contribution in [2.45, 2.75) is 32.0 Å². The Morgan fingerprint density at radius 3 is 2.85 bits per heavy atom. The number of anilines is 3. The first-order valence-electron chi connectivity index (χ1n) is 11.4. The molecule has 1 fully saturated rings. The zero-order valence-corrected chi connectivity index (χ0v) is 19.3. The van der Waals surface area contributed by atoms with Crippen LogP contribution in [0.1, 0.15) is 29.2 Å². The van der Waals surface area contributed by atoms with Crippen molar-refractivity contribution in [3.05, 3.63) is 64.8 Å². The van der Waals surface area contributed by atoms with Crippen LogP contribution in [0.5, 0.6) is 0 Å². The number of fused-ring (bicyclic) bond motifs is 1. The molecule has 0 saturated carbocycles. The fourth-order valence-corrected chi connectivity index (χ4v) is 4.56. The molecule has 34 heavy (non-hydrogen) atoms. The maximum atomic E-state index is 13.2. The first-order valence-corrected chi connectivity index (χ1v) is 11.4. The zero-order valence-electron chi connectivity index (χ0n) is 19.3. The number of aliphatic hydroxyl groups excluding tert-OH is 1. The molecule has 0 unspecified atom stereocenters. The van der Waals surface area contributed by atoms with Crippen LogP contribution in [0.2, 0.25) is 0 Å². The average molecular weight is 459 g/mol. The van der Waals surface area contributed by atoms with Crippen molar-refractivity contribution >= 4 is 17.3 Å². The lowest BCUT2D eigenvalue weighted by Gasteiger charge is -2.34. The molecule has 3 N–H and O–H groups in total. The second-order valence-electron chi connectivity index (χ2n) is 9.46. The number of benzene rings is 2. The number of hydrogen-bond donors (Lipinski definition) is 3. The number of alkyl halides is 1. The van der Waals surface area contributed by atoms with Crippen molar-refractivity contribution in [2.75, 3.05) is 36.9 Å². The quantitative estimate of drug-likeness (QED) is 0.516. The van der Waals surface area contributed by atoms with Crippen LogP contribution in [0, 0.1) is 18.3 Å². The normalized spacial score (nSPS) is 19.7. The van der Waals surface area contributed by atoms with Gasteiger partial charge in [0.2, 0.25) is 5.95 Å². The number of halogens is 1. The first kappa shape index (κ1) is 22.3. The number of hydrogen-bond acceptors (Lipinski definition) is 7. The van der Waals surface area contributed by atoms with Crippen LogP contribution in [0.3, 0.4) is 0 Å². The van der Waals surface area contributed by atoms with Gasteiger partial charge in [-0.1, -0.05) is 19.1 Å². The highest BCUT2D eigenvalue weighted by atomic mass is 19.1. The van der Waals surface area contributed by atoms with E-state index in [1.807, 2.05) is 38.1 Å². The molecule has 7 nitrogen and oxygen atoms in total. The average Bonchev–Trinajstić information content (AvgIpc) is 3.17. The van der Waals surface area contributed by atoms with Crippen LogP contribution in [-0.4, -0.2) is 52.4 Å². The number of aliphatic hydroxyl groups is 1. The number of likely N-dealkylation sites (tertiary alicyclic amines) is 1. The molecule has 8 heteroatoms. The van der Waals surface area contributed by atoms with E-state index in [1.54, 1.807) is 6.20 Å². The van der Waals surface area contributed by atoms with Gasteiger partial charge in [-0.15, -0.1) is 0 Å². The minimum Gasteiger partial charge on any atom is -0.395 e. The topological polar surface area (TPSA) is 97.1 Å². The van der Waals surface area contributed by atoms with E-state index < -0.39 is 11.6 Å². The van der Waals surface area contributed by atoms with E-state index in [9.17, 15) is 14.8 Å². The van der Waals surface area contributed by atoms with Crippen LogP contribution in [0.15, 0.2) is 42.6 Å². The summed E-state index contributed by atoms with van der Waals surface area (Å²) in [5.41, 5.74) is 6.31. The Morgan fingerprint density at radius 1 is 1.29 bits per heavy atom. The van der Waals surface area contributed by atoms with Crippen LogP contribution >= 0.6 is 0 Å². The van der Waals surface area contributed by atoms with E-state index in [1.165, 1.54) is 0 Å². The lowest BCUT2D eigenvalue weighted by atomic mass is 9.83. The third-order valence-electron chi connectivity index (χ3n) is 6.73. The van der Waals surface area contributed by atoms with Gasteiger partial charge in [0.1, 0.15) is 12.2 Å². The molecule has 0 aliphatic carbocycles. The summed E-state index contributed by atoms with van der Waals surface area (Å²) in [6.07, 6.45) is 0.972. The third kappa shape index (κ3) is 4.09. The summed E-state index contributed by atoms with van der Waals surface area (Å²) in [7, 11) is 0. The number of rotatable bonds is 6.